The topological polar surface area (TPSA) is 95.4 Å². The number of nitrogens with one attached hydrogen (secondary N) is 2. The maximum Gasteiger partial charge on any atom is 0.421 e. The van der Waals surface area contributed by atoms with Crippen molar-refractivity contribution in [3.63, 3.8) is 0 Å². The monoisotopic (exact) mass is 383 g/mol. The molecule has 2 N–H and O–H groups in total. The van der Waals surface area contributed by atoms with Crippen molar-refractivity contribution in [2.75, 3.05) is 19.8 Å². The highest BCUT2D eigenvalue weighted by atomic mass is 32.2. The summed E-state index contributed by atoms with van der Waals surface area (Å²) in [5, 5.41) is 0. The molecule has 3 heterocycles. The smallest absolute Gasteiger partial charge is 0.421 e. The van der Waals surface area contributed by atoms with E-state index in [9.17, 15) is 13.2 Å². The van der Waals surface area contributed by atoms with Crippen molar-refractivity contribution in [3.05, 3.63) is 30.3 Å². The molecule has 1 aromatic rings. The standard InChI is InChI=1S/C17H22N2O6S/c1-15-8-9-16(2)19(15)17(11-24-15,12-25-16)10-23-14(20)18-26(21,22)13-6-4-3-5-7-13/h3-7H,8-12H2,1-2H3,(H,18,20)/p+1. The summed E-state index contributed by atoms with van der Waals surface area (Å²) in [5.41, 5.74) is -1.23. The fourth-order valence-electron chi connectivity index (χ4n) is 4.63. The molecular weight excluding hydrogens is 360 g/mol. The highest BCUT2D eigenvalue weighted by Gasteiger charge is 2.74. The average molecular weight is 383 g/mol. The first-order valence-corrected chi connectivity index (χ1v) is 10.1. The molecule has 1 amide bonds. The lowest BCUT2D eigenvalue weighted by atomic mass is 10.0. The van der Waals surface area contributed by atoms with Gasteiger partial charge in [-0.2, -0.15) is 0 Å². The molecule has 0 aromatic heterocycles. The third kappa shape index (κ3) is 2.61. The Morgan fingerprint density at radius 1 is 1.15 bits per heavy atom. The van der Waals surface area contributed by atoms with Gasteiger partial charge >= 0.3 is 6.09 Å². The minimum absolute atomic E-state index is 0.00818. The Kier molecular flexibility index (Phi) is 3.85. The summed E-state index contributed by atoms with van der Waals surface area (Å²) in [5.74, 6) is 0. The molecule has 9 heteroatoms. The van der Waals surface area contributed by atoms with E-state index in [2.05, 4.69) is 0 Å². The van der Waals surface area contributed by atoms with Crippen LogP contribution < -0.4 is 9.62 Å². The van der Waals surface area contributed by atoms with Gasteiger partial charge in [0.2, 0.25) is 11.4 Å². The molecule has 8 nitrogen and oxygen atoms in total. The van der Waals surface area contributed by atoms with E-state index in [4.69, 9.17) is 14.2 Å². The van der Waals surface area contributed by atoms with Gasteiger partial charge in [-0.25, -0.2) is 17.9 Å². The van der Waals surface area contributed by atoms with Gasteiger partial charge in [0.05, 0.1) is 4.90 Å². The Morgan fingerprint density at radius 3 is 2.31 bits per heavy atom. The third-order valence-electron chi connectivity index (χ3n) is 5.75. The first kappa shape index (κ1) is 17.7. The van der Waals surface area contributed by atoms with Gasteiger partial charge < -0.3 is 14.2 Å². The van der Waals surface area contributed by atoms with Crippen molar-refractivity contribution in [2.45, 2.75) is 48.6 Å². The highest BCUT2D eigenvalue weighted by Crippen LogP contribution is 2.39. The second-order valence-electron chi connectivity index (χ2n) is 7.69. The minimum atomic E-state index is -3.96. The zero-order valence-corrected chi connectivity index (χ0v) is 15.6. The van der Waals surface area contributed by atoms with Gasteiger partial charge in [-0.05, 0) is 12.1 Å². The number of benzene rings is 1. The van der Waals surface area contributed by atoms with Crippen LogP contribution in [-0.2, 0) is 24.2 Å². The van der Waals surface area contributed by atoms with Crippen molar-refractivity contribution < 1.29 is 32.3 Å². The highest BCUT2D eigenvalue weighted by molar-refractivity contribution is 7.90. The molecular formula is C17H23N2O6S+. The molecule has 3 aliphatic rings. The second-order valence-corrected chi connectivity index (χ2v) is 9.37. The molecule has 2 unspecified atom stereocenters. The first-order valence-electron chi connectivity index (χ1n) is 8.60. The van der Waals surface area contributed by atoms with Crippen LogP contribution >= 0.6 is 0 Å². The van der Waals surface area contributed by atoms with E-state index in [1.165, 1.54) is 12.1 Å². The summed E-state index contributed by atoms with van der Waals surface area (Å²) in [6.07, 6.45) is 0.744. The lowest BCUT2D eigenvalue weighted by Gasteiger charge is -2.34. The van der Waals surface area contributed by atoms with E-state index in [1.54, 1.807) is 18.2 Å². The predicted molar refractivity (Wildman–Crippen MR) is 89.8 cm³/mol. The van der Waals surface area contributed by atoms with Crippen LogP contribution in [-0.4, -0.2) is 51.3 Å². The minimum Gasteiger partial charge on any atom is -0.442 e. The van der Waals surface area contributed by atoms with E-state index in [-0.39, 0.29) is 23.0 Å². The molecule has 26 heavy (non-hydrogen) atoms. The lowest BCUT2D eigenvalue weighted by Crippen LogP contribution is -3.27. The molecule has 3 fully saturated rings. The van der Waals surface area contributed by atoms with Crippen molar-refractivity contribution >= 4 is 16.1 Å². The second kappa shape index (κ2) is 5.66. The van der Waals surface area contributed by atoms with Crippen LogP contribution in [0.25, 0.3) is 0 Å². The number of sulfonamides is 1. The third-order valence-corrected chi connectivity index (χ3v) is 7.08. The lowest BCUT2D eigenvalue weighted by molar-refractivity contribution is -1.02. The fourth-order valence-corrected chi connectivity index (χ4v) is 5.55. The zero-order chi connectivity index (χ0) is 18.6. The maximum atomic E-state index is 12.2. The number of ether oxygens (including phenoxy) is 3. The van der Waals surface area contributed by atoms with Gasteiger partial charge in [-0.3, -0.25) is 4.90 Å². The Balaban J connectivity index is 1.44. The van der Waals surface area contributed by atoms with E-state index in [0.29, 0.717) is 13.2 Å². The number of carbonyl (C=O) groups is 1. The molecule has 0 radical (unpaired) electrons. The maximum absolute atomic E-state index is 12.2. The zero-order valence-electron chi connectivity index (χ0n) is 14.8. The van der Waals surface area contributed by atoms with E-state index >= 15 is 0 Å². The van der Waals surface area contributed by atoms with E-state index in [0.717, 1.165) is 17.7 Å². The Bertz CT molecular complexity index is 807. The molecule has 1 aromatic carbocycles. The quantitative estimate of drug-likeness (QED) is 0.761. The summed E-state index contributed by atoms with van der Waals surface area (Å²) in [6, 6.07) is 7.69. The van der Waals surface area contributed by atoms with Gasteiger partial charge in [-0.1, -0.05) is 18.2 Å². The van der Waals surface area contributed by atoms with Crippen molar-refractivity contribution in [3.8, 4) is 0 Å². The van der Waals surface area contributed by atoms with Gasteiger partial charge in [0.1, 0.15) is 13.2 Å². The number of amides is 1. The molecule has 142 valence electrons. The Morgan fingerprint density at radius 2 is 1.73 bits per heavy atom. The fraction of sp³-hybridized carbons (Fsp3) is 0.588. The average Bonchev–Trinajstić information content (AvgIpc) is 3.18. The largest absolute Gasteiger partial charge is 0.442 e. The molecule has 0 bridgehead atoms. The van der Waals surface area contributed by atoms with Gasteiger partial charge in [-0.15, -0.1) is 0 Å². The normalized spacial score (nSPS) is 38.2. The summed E-state index contributed by atoms with van der Waals surface area (Å²) in [4.78, 5) is 13.3. The number of rotatable bonds is 4. The van der Waals surface area contributed by atoms with Crippen LogP contribution in [0.5, 0.6) is 0 Å². The Labute approximate surface area is 152 Å². The number of hydrogen-bond donors (Lipinski definition) is 2. The summed E-state index contributed by atoms with van der Waals surface area (Å²) in [7, 11) is -3.96. The van der Waals surface area contributed by atoms with Crippen LogP contribution in [0, 0.1) is 0 Å². The number of quaternary nitrogens is 1. The molecule has 0 spiro atoms. The summed E-state index contributed by atoms with van der Waals surface area (Å²) >= 11 is 0. The molecule has 0 saturated carbocycles. The van der Waals surface area contributed by atoms with Crippen molar-refractivity contribution in [1.82, 2.24) is 4.72 Å². The van der Waals surface area contributed by atoms with Crippen molar-refractivity contribution in [2.24, 2.45) is 0 Å². The predicted octanol–water partition coefficient (Wildman–Crippen LogP) is 0.0118. The summed E-state index contributed by atoms with van der Waals surface area (Å²) < 4.78 is 43.7. The van der Waals surface area contributed by atoms with E-state index in [1.807, 2.05) is 18.6 Å². The molecule has 2 atom stereocenters. The van der Waals surface area contributed by atoms with Gasteiger partial charge in [0.25, 0.3) is 10.0 Å². The number of carbonyl (C=O) groups excluding carboxylic acids is 1. The number of hydrogen-bond acceptors (Lipinski definition) is 6. The van der Waals surface area contributed by atoms with Crippen LogP contribution in [0.2, 0.25) is 0 Å². The van der Waals surface area contributed by atoms with Gasteiger partial charge in [0, 0.05) is 26.7 Å². The van der Waals surface area contributed by atoms with Crippen LogP contribution in [0.4, 0.5) is 4.79 Å². The SMILES string of the molecule is CC12CCC3(C)OCC(COC(=O)NS(=O)(=O)c4ccccc4)(CO1)[NH+]23. The van der Waals surface area contributed by atoms with Crippen LogP contribution in [0.15, 0.2) is 35.2 Å². The molecule has 4 rings (SSSR count). The van der Waals surface area contributed by atoms with Crippen molar-refractivity contribution in [1.29, 1.82) is 0 Å². The van der Waals surface area contributed by atoms with E-state index < -0.39 is 21.7 Å². The van der Waals surface area contributed by atoms with Crippen LogP contribution in [0.1, 0.15) is 26.7 Å². The Hall–Kier alpha value is -1.68. The van der Waals surface area contributed by atoms with Gasteiger partial charge in [0.15, 0.2) is 12.1 Å². The molecule has 0 aliphatic carbocycles. The first-order chi connectivity index (χ1) is 12.2. The van der Waals surface area contributed by atoms with Crippen LogP contribution in [0.3, 0.4) is 0 Å². The molecule has 3 aliphatic heterocycles. The summed E-state index contributed by atoms with van der Waals surface area (Å²) in [6.45, 7) is 4.94. The molecule has 3 saturated heterocycles.